The Labute approximate surface area is 128 Å². The first-order valence-corrected chi connectivity index (χ1v) is 8.31. The second kappa shape index (κ2) is 8.71. The average Bonchev–Trinajstić information content (AvgIpc) is 2.51. The molecule has 21 heavy (non-hydrogen) atoms. The van der Waals surface area contributed by atoms with Crippen molar-refractivity contribution in [3.05, 3.63) is 29.3 Å². The van der Waals surface area contributed by atoms with E-state index in [1.165, 1.54) is 42.5 Å². The number of hydrogen-bond acceptors (Lipinski definition) is 3. The molecule has 116 valence electrons. The minimum Gasteiger partial charge on any atom is -0.466 e. The van der Waals surface area contributed by atoms with Gasteiger partial charge in [0.05, 0.1) is 6.61 Å². The number of benzene rings is 1. The van der Waals surface area contributed by atoms with Crippen molar-refractivity contribution in [2.75, 3.05) is 18.5 Å². The summed E-state index contributed by atoms with van der Waals surface area (Å²) in [4.78, 5) is 11.2. The number of unbranched alkanes of at least 4 members (excludes halogenated alkanes) is 2. The van der Waals surface area contributed by atoms with E-state index >= 15 is 0 Å². The molecule has 0 radical (unpaired) electrons. The Hall–Kier alpha value is -1.51. The van der Waals surface area contributed by atoms with Crippen molar-refractivity contribution in [1.82, 2.24) is 0 Å². The fraction of sp³-hybridized carbons (Fsp3) is 0.611. The van der Waals surface area contributed by atoms with Crippen LogP contribution in [0, 0.1) is 0 Å². The Bertz CT molecular complexity index is 457. The van der Waals surface area contributed by atoms with Gasteiger partial charge in [0.1, 0.15) is 0 Å². The lowest BCUT2D eigenvalue weighted by Gasteiger charge is -2.20. The van der Waals surface area contributed by atoms with Gasteiger partial charge in [-0.3, -0.25) is 4.79 Å². The van der Waals surface area contributed by atoms with Gasteiger partial charge in [0.15, 0.2) is 0 Å². The number of ether oxygens (including phenoxy) is 1. The molecule has 0 heterocycles. The van der Waals surface area contributed by atoms with Crippen molar-refractivity contribution in [2.45, 2.75) is 58.3 Å². The first kappa shape index (κ1) is 15.9. The van der Waals surface area contributed by atoms with Gasteiger partial charge in [0.2, 0.25) is 0 Å². The topological polar surface area (TPSA) is 38.3 Å². The number of anilines is 1. The predicted molar refractivity (Wildman–Crippen MR) is 86.7 cm³/mol. The van der Waals surface area contributed by atoms with E-state index in [1.54, 1.807) is 0 Å². The highest BCUT2D eigenvalue weighted by Gasteiger charge is 2.12. The van der Waals surface area contributed by atoms with E-state index in [0.29, 0.717) is 13.0 Å². The molecule has 2 rings (SSSR count). The van der Waals surface area contributed by atoms with Crippen LogP contribution in [0.15, 0.2) is 18.2 Å². The van der Waals surface area contributed by atoms with Gasteiger partial charge in [-0.25, -0.2) is 0 Å². The van der Waals surface area contributed by atoms with Crippen LogP contribution in [0.1, 0.15) is 56.6 Å². The normalized spacial score (nSPS) is 13.6. The summed E-state index contributed by atoms with van der Waals surface area (Å²) in [6, 6.07) is 6.62. The van der Waals surface area contributed by atoms with Gasteiger partial charge in [-0.15, -0.1) is 0 Å². The number of hydrogen-bond donors (Lipinski definition) is 1. The van der Waals surface area contributed by atoms with E-state index < -0.39 is 0 Å². The standard InChI is InChI=1S/C18H27NO2/c1-2-21-18(20)13-4-3-7-14-19-17-12-8-10-15-9-5-6-11-16(15)17/h8,10,12,19H,2-7,9,11,13-14H2,1H3. The molecule has 1 N–H and O–H groups in total. The first-order chi connectivity index (χ1) is 10.3. The summed E-state index contributed by atoms with van der Waals surface area (Å²) < 4.78 is 4.93. The van der Waals surface area contributed by atoms with E-state index in [-0.39, 0.29) is 5.97 Å². The summed E-state index contributed by atoms with van der Waals surface area (Å²) >= 11 is 0. The maximum atomic E-state index is 11.2. The Morgan fingerprint density at radius 2 is 2.05 bits per heavy atom. The van der Waals surface area contributed by atoms with Crippen LogP contribution in [0.5, 0.6) is 0 Å². The van der Waals surface area contributed by atoms with Crippen LogP contribution >= 0.6 is 0 Å². The number of carbonyl (C=O) groups is 1. The van der Waals surface area contributed by atoms with Crippen LogP contribution in [-0.4, -0.2) is 19.1 Å². The average molecular weight is 289 g/mol. The van der Waals surface area contributed by atoms with Crippen molar-refractivity contribution in [3.63, 3.8) is 0 Å². The summed E-state index contributed by atoms with van der Waals surface area (Å²) in [7, 11) is 0. The second-order valence-corrected chi connectivity index (χ2v) is 5.69. The summed E-state index contributed by atoms with van der Waals surface area (Å²) in [6.45, 7) is 3.32. The molecule has 0 saturated carbocycles. The Morgan fingerprint density at radius 1 is 1.19 bits per heavy atom. The number of fused-ring (bicyclic) bond motifs is 1. The van der Waals surface area contributed by atoms with Crippen molar-refractivity contribution in [2.24, 2.45) is 0 Å². The molecule has 1 aromatic rings. The summed E-state index contributed by atoms with van der Waals surface area (Å²) in [5, 5.41) is 3.57. The SMILES string of the molecule is CCOC(=O)CCCCCNc1cccc2c1CCCC2. The Morgan fingerprint density at radius 3 is 2.90 bits per heavy atom. The maximum Gasteiger partial charge on any atom is 0.305 e. The molecular formula is C18H27NO2. The smallest absolute Gasteiger partial charge is 0.305 e. The molecule has 1 aliphatic carbocycles. The third-order valence-electron chi connectivity index (χ3n) is 4.07. The van der Waals surface area contributed by atoms with E-state index in [9.17, 15) is 4.79 Å². The van der Waals surface area contributed by atoms with Gasteiger partial charge < -0.3 is 10.1 Å². The van der Waals surface area contributed by atoms with Crippen LogP contribution in [-0.2, 0) is 22.4 Å². The first-order valence-electron chi connectivity index (χ1n) is 8.31. The molecule has 0 fully saturated rings. The number of nitrogens with one attached hydrogen (secondary N) is 1. The molecule has 0 bridgehead atoms. The van der Waals surface area contributed by atoms with Gasteiger partial charge in [0, 0.05) is 18.7 Å². The van der Waals surface area contributed by atoms with Gasteiger partial charge in [-0.1, -0.05) is 18.6 Å². The number of carbonyl (C=O) groups excluding carboxylic acids is 1. The predicted octanol–water partition coefficient (Wildman–Crippen LogP) is 4.10. The third kappa shape index (κ3) is 5.07. The summed E-state index contributed by atoms with van der Waals surface area (Å²) in [5.41, 5.74) is 4.36. The molecule has 3 nitrogen and oxygen atoms in total. The van der Waals surface area contributed by atoms with E-state index in [1.807, 2.05) is 6.92 Å². The molecule has 0 aromatic heterocycles. The van der Waals surface area contributed by atoms with Gasteiger partial charge in [-0.2, -0.15) is 0 Å². The van der Waals surface area contributed by atoms with Crippen molar-refractivity contribution in [3.8, 4) is 0 Å². The Balaban J connectivity index is 1.66. The fourth-order valence-corrected chi connectivity index (χ4v) is 2.97. The molecule has 0 atom stereocenters. The molecule has 0 amide bonds. The molecule has 0 saturated heterocycles. The largest absolute Gasteiger partial charge is 0.466 e. The molecule has 1 aromatic carbocycles. The number of aryl methyl sites for hydroxylation is 1. The summed E-state index contributed by atoms with van der Waals surface area (Å²) in [6.07, 6.45) is 8.72. The van der Waals surface area contributed by atoms with Crippen molar-refractivity contribution >= 4 is 11.7 Å². The number of rotatable bonds is 8. The zero-order chi connectivity index (χ0) is 14.9. The Kier molecular flexibility index (Phi) is 6.58. The summed E-state index contributed by atoms with van der Waals surface area (Å²) in [5.74, 6) is -0.0670. The van der Waals surface area contributed by atoms with E-state index in [2.05, 4.69) is 23.5 Å². The van der Waals surface area contributed by atoms with Crippen molar-refractivity contribution in [1.29, 1.82) is 0 Å². The number of esters is 1. The zero-order valence-corrected chi connectivity index (χ0v) is 13.1. The minimum absolute atomic E-state index is 0.0670. The zero-order valence-electron chi connectivity index (χ0n) is 13.1. The van der Waals surface area contributed by atoms with Crippen LogP contribution in [0.2, 0.25) is 0 Å². The van der Waals surface area contributed by atoms with E-state index in [4.69, 9.17) is 4.74 Å². The molecule has 0 unspecified atom stereocenters. The van der Waals surface area contributed by atoms with Crippen molar-refractivity contribution < 1.29 is 9.53 Å². The molecule has 1 aliphatic rings. The molecule has 0 aliphatic heterocycles. The van der Waals surface area contributed by atoms with Crippen LogP contribution in [0.25, 0.3) is 0 Å². The van der Waals surface area contributed by atoms with Gasteiger partial charge in [-0.05, 0) is 62.6 Å². The highest BCUT2D eigenvalue weighted by molar-refractivity contribution is 5.69. The molecule has 3 heteroatoms. The van der Waals surface area contributed by atoms with Crippen LogP contribution < -0.4 is 5.32 Å². The lowest BCUT2D eigenvalue weighted by atomic mass is 9.90. The van der Waals surface area contributed by atoms with Crippen LogP contribution in [0.4, 0.5) is 5.69 Å². The lowest BCUT2D eigenvalue weighted by molar-refractivity contribution is -0.143. The molecular weight excluding hydrogens is 262 g/mol. The van der Waals surface area contributed by atoms with Crippen LogP contribution in [0.3, 0.4) is 0 Å². The minimum atomic E-state index is -0.0670. The monoisotopic (exact) mass is 289 g/mol. The lowest BCUT2D eigenvalue weighted by Crippen LogP contribution is -2.09. The molecule has 0 spiro atoms. The quantitative estimate of drug-likeness (QED) is 0.578. The van der Waals surface area contributed by atoms with Gasteiger partial charge in [0.25, 0.3) is 0 Å². The maximum absolute atomic E-state index is 11.2. The fourth-order valence-electron chi connectivity index (χ4n) is 2.97. The second-order valence-electron chi connectivity index (χ2n) is 5.69. The third-order valence-corrected chi connectivity index (χ3v) is 4.07. The highest BCUT2D eigenvalue weighted by atomic mass is 16.5. The van der Waals surface area contributed by atoms with Gasteiger partial charge >= 0.3 is 5.97 Å². The van der Waals surface area contributed by atoms with E-state index in [0.717, 1.165) is 25.8 Å². The highest BCUT2D eigenvalue weighted by Crippen LogP contribution is 2.27.